The molecule has 1 saturated carbocycles. The van der Waals surface area contributed by atoms with Gasteiger partial charge in [0.15, 0.2) is 0 Å². The van der Waals surface area contributed by atoms with Gasteiger partial charge in [-0.15, -0.1) is 0 Å². The van der Waals surface area contributed by atoms with Crippen molar-refractivity contribution in [1.29, 1.82) is 0 Å². The Kier molecular flexibility index (Phi) is 6.99. The number of nitrogens with zero attached hydrogens (tertiary/aromatic N) is 4. The summed E-state index contributed by atoms with van der Waals surface area (Å²) in [6.45, 7) is 7.90. The fourth-order valence-electron chi connectivity index (χ4n) is 4.61. The third-order valence-corrected chi connectivity index (χ3v) is 6.73. The van der Waals surface area contributed by atoms with Crippen molar-refractivity contribution in [3.05, 3.63) is 17.0 Å². The van der Waals surface area contributed by atoms with E-state index in [0.717, 1.165) is 68.7 Å². The Morgan fingerprint density at radius 1 is 1.15 bits per heavy atom. The van der Waals surface area contributed by atoms with Gasteiger partial charge < -0.3 is 24.4 Å². The molecular formula is C22H29F3N4O5. The highest BCUT2D eigenvalue weighted by molar-refractivity contribution is 5.77. The molecule has 5 rings (SSSR count). The maximum Gasteiger partial charge on any atom is 0.490 e. The molecule has 1 spiro atoms. The number of aliphatic carboxylic acids is 1. The van der Waals surface area contributed by atoms with E-state index >= 15 is 0 Å². The molecule has 1 aromatic rings. The number of carbonyl (C=O) groups is 2. The van der Waals surface area contributed by atoms with Crippen molar-refractivity contribution in [1.82, 2.24) is 14.9 Å². The average molecular weight is 486 g/mol. The second-order valence-electron chi connectivity index (χ2n) is 9.32. The van der Waals surface area contributed by atoms with Crippen LogP contribution in [0.15, 0.2) is 0 Å². The van der Waals surface area contributed by atoms with E-state index in [-0.39, 0.29) is 5.41 Å². The summed E-state index contributed by atoms with van der Waals surface area (Å²) in [6.07, 6.45) is -1.01. The van der Waals surface area contributed by atoms with Gasteiger partial charge >= 0.3 is 12.1 Å². The normalized spacial score (nSPS) is 24.5. The molecule has 4 heterocycles. The molecule has 2 saturated heterocycles. The first-order chi connectivity index (χ1) is 16.1. The molecule has 1 aliphatic carbocycles. The number of likely N-dealkylation sites (tertiary alicyclic amines) is 1. The van der Waals surface area contributed by atoms with Gasteiger partial charge in [-0.3, -0.25) is 4.79 Å². The molecule has 1 aromatic heterocycles. The lowest BCUT2D eigenvalue weighted by Crippen LogP contribution is -2.43. The summed E-state index contributed by atoms with van der Waals surface area (Å²) in [5, 5.41) is 7.12. The molecule has 1 atom stereocenters. The summed E-state index contributed by atoms with van der Waals surface area (Å²) in [7, 11) is 0. The Morgan fingerprint density at radius 2 is 1.82 bits per heavy atom. The van der Waals surface area contributed by atoms with Crippen molar-refractivity contribution in [2.24, 2.45) is 5.92 Å². The number of anilines is 1. The monoisotopic (exact) mass is 486 g/mol. The topological polar surface area (TPSA) is 105 Å². The molecule has 3 aliphatic heterocycles. The van der Waals surface area contributed by atoms with Crippen LogP contribution in [0.3, 0.4) is 0 Å². The molecule has 1 N–H and O–H groups in total. The van der Waals surface area contributed by atoms with E-state index < -0.39 is 12.1 Å². The van der Waals surface area contributed by atoms with E-state index in [0.29, 0.717) is 31.5 Å². The number of hydrogen-bond donors (Lipinski definition) is 1. The summed E-state index contributed by atoms with van der Waals surface area (Å²) >= 11 is 0. The molecule has 1 unspecified atom stereocenters. The lowest BCUT2D eigenvalue weighted by molar-refractivity contribution is -0.192. The zero-order valence-corrected chi connectivity index (χ0v) is 19.1. The lowest BCUT2D eigenvalue weighted by atomic mass is 9.80. The number of hydrogen-bond acceptors (Lipinski definition) is 7. The first kappa shape index (κ1) is 24.6. The Labute approximate surface area is 195 Å². The van der Waals surface area contributed by atoms with Crippen LogP contribution in [0, 0.1) is 12.8 Å². The van der Waals surface area contributed by atoms with E-state index in [2.05, 4.69) is 11.8 Å². The van der Waals surface area contributed by atoms with Gasteiger partial charge in [-0.25, -0.2) is 14.8 Å². The van der Waals surface area contributed by atoms with Gasteiger partial charge in [0.25, 0.3) is 0 Å². The number of morpholine rings is 1. The zero-order valence-electron chi connectivity index (χ0n) is 19.1. The van der Waals surface area contributed by atoms with Crippen LogP contribution in [0.25, 0.3) is 0 Å². The smallest absolute Gasteiger partial charge is 0.475 e. The molecular weight excluding hydrogens is 457 g/mol. The third kappa shape index (κ3) is 5.43. The van der Waals surface area contributed by atoms with Gasteiger partial charge in [0.1, 0.15) is 0 Å². The minimum absolute atomic E-state index is 0.179. The predicted molar refractivity (Wildman–Crippen MR) is 113 cm³/mol. The summed E-state index contributed by atoms with van der Waals surface area (Å²) in [5.41, 5.74) is 3.06. The van der Waals surface area contributed by atoms with Gasteiger partial charge in [-0.05, 0) is 32.1 Å². The number of fused-ring (bicyclic) bond motifs is 2. The average Bonchev–Trinajstić information content (AvgIpc) is 3.51. The zero-order chi connectivity index (χ0) is 24.5. The second kappa shape index (κ2) is 9.65. The first-order valence-corrected chi connectivity index (χ1v) is 11.5. The first-order valence-electron chi connectivity index (χ1n) is 11.5. The number of carboxylic acid groups (broad SMARTS) is 1. The fraction of sp³-hybridized carbons (Fsp3) is 0.727. The number of halogens is 3. The lowest BCUT2D eigenvalue weighted by Gasteiger charge is -2.36. The summed E-state index contributed by atoms with van der Waals surface area (Å²) in [4.78, 5) is 35.6. The molecule has 188 valence electrons. The highest BCUT2D eigenvalue weighted by atomic mass is 19.4. The fourth-order valence-corrected chi connectivity index (χ4v) is 4.61. The quantitative estimate of drug-likeness (QED) is 0.692. The van der Waals surface area contributed by atoms with Crippen LogP contribution in [0.2, 0.25) is 0 Å². The number of rotatable bonds is 3. The highest BCUT2D eigenvalue weighted by Crippen LogP contribution is 2.41. The Bertz CT molecular complexity index is 934. The van der Waals surface area contributed by atoms with Crippen molar-refractivity contribution in [3.63, 3.8) is 0 Å². The van der Waals surface area contributed by atoms with Crippen LogP contribution in [-0.4, -0.2) is 84.0 Å². The van der Waals surface area contributed by atoms with Gasteiger partial charge in [0.2, 0.25) is 11.9 Å². The number of carboxylic acids is 1. The van der Waals surface area contributed by atoms with Gasteiger partial charge in [-0.2, -0.15) is 13.2 Å². The number of amides is 1. The van der Waals surface area contributed by atoms with Crippen LogP contribution in [0.1, 0.15) is 42.6 Å². The Balaban J connectivity index is 0.000000344. The van der Waals surface area contributed by atoms with Crippen LogP contribution in [0.5, 0.6) is 0 Å². The Morgan fingerprint density at radius 3 is 2.44 bits per heavy atom. The molecule has 12 heteroatoms. The molecule has 9 nitrogen and oxygen atoms in total. The van der Waals surface area contributed by atoms with Gasteiger partial charge in [-0.1, -0.05) is 0 Å². The standard InChI is InChI=1S/C20H28N4O3.C2HF3O2/c1-14-16-11-27-13-20(4-5-24(12-20)17(25)10-15-2-3-15)18(16)22-19(21-14)23-6-8-26-9-7-23;3-2(4,5)1(6)7/h15H,2-13H2,1H3;(H,6,7). The summed E-state index contributed by atoms with van der Waals surface area (Å²) < 4.78 is 43.2. The van der Waals surface area contributed by atoms with Crippen molar-refractivity contribution in [3.8, 4) is 0 Å². The highest BCUT2D eigenvalue weighted by Gasteiger charge is 2.47. The van der Waals surface area contributed by atoms with E-state index in [1.54, 1.807) is 0 Å². The van der Waals surface area contributed by atoms with Crippen LogP contribution < -0.4 is 4.90 Å². The SMILES string of the molecule is Cc1nc(N2CCOCC2)nc2c1COCC21CCN(C(=O)CC2CC2)C1.O=C(O)C(F)(F)F. The van der Waals surface area contributed by atoms with Crippen LogP contribution in [0.4, 0.5) is 19.1 Å². The van der Waals surface area contributed by atoms with Crippen molar-refractivity contribution in [2.75, 3.05) is 50.9 Å². The summed E-state index contributed by atoms with van der Waals surface area (Å²) in [5.74, 6) is -1.02. The van der Waals surface area contributed by atoms with E-state index in [1.165, 1.54) is 12.8 Å². The van der Waals surface area contributed by atoms with Crippen molar-refractivity contribution >= 4 is 17.8 Å². The number of alkyl halides is 3. The maximum absolute atomic E-state index is 12.6. The molecule has 1 amide bonds. The summed E-state index contributed by atoms with van der Waals surface area (Å²) in [6, 6.07) is 0. The van der Waals surface area contributed by atoms with E-state index in [4.69, 9.17) is 29.3 Å². The van der Waals surface area contributed by atoms with Crippen molar-refractivity contribution in [2.45, 2.75) is 50.8 Å². The Hall–Kier alpha value is -2.47. The largest absolute Gasteiger partial charge is 0.490 e. The molecule has 4 aliphatic rings. The second-order valence-corrected chi connectivity index (χ2v) is 9.32. The minimum Gasteiger partial charge on any atom is -0.475 e. The van der Waals surface area contributed by atoms with E-state index in [9.17, 15) is 18.0 Å². The molecule has 0 aromatic carbocycles. The molecule has 0 radical (unpaired) electrons. The van der Waals surface area contributed by atoms with Gasteiger partial charge in [0.05, 0.1) is 37.5 Å². The number of carbonyl (C=O) groups excluding carboxylic acids is 1. The van der Waals surface area contributed by atoms with Crippen LogP contribution in [-0.2, 0) is 31.1 Å². The van der Waals surface area contributed by atoms with Gasteiger partial charge in [0, 0.05) is 43.9 Å². The maximum atomic E-state index is 12.6. The minimum atomic E-state index is -5.08. The van der Waals surface area contributed by atoms with Crippen LogP contribution >= 0.6 is 0 Å². The third-order valence-electron chi connectivity index (χ3n) is 6.73. The molecule has 3 fully saturated rings. The number of ether oxygens (including phenoxy) is 2. The van der Waals surface area contributed by atoms with Crippen molar-refractivity contribution < 1.29 is 37.3 Å². The molecule has 34 heavy (non-hydrogen) atoms. The van der Waals surface area contributed by atoms with E-state index in [1.807, 2.05) is 4.90 Å². The number of aryl methyl sites for hydroxylation is 1. The predicted octanol–water partition coefficient (Wildman–Crippen LogP) is 2.06. The molecule has 0 bridgehead atoms. The number of aromatic nitrogens is 2.